The van der Waals surface area contributed by atoms with Crippen molar-refractivity contribution in [3.63, 3.8) is 0 Å². The average molecular weight is 442 g/mol. The van der Waals surface area contributed by atoms with E-state index < -0.39 is 5.97 Å². The molecule has 0 fully saturated rings. The molecule has 0 saturated heterocycles. The van der Waals surface area contributed by atoms with E-state index in [1.807, 2.05) is 19.1 Å². The van der Waals surface area contributed by atoms with Gasteiger partial charge in [-0.2, -0.15) is 0 Å². The number of carbonyl (C=O) groups is 1. The van der Waals surface area contributed by atoms with Crippen LogP contribution in [0.3, 0.4) is 0 Å². The minimum Gasteiger partial charge on any atom is -0.493 e. The van der Waals surface area contributed by atoms with Crippen molar-refractivity contribution in [2.75, 3.05) is 6.61 Å². The minimum absolute atomic E-state index is 0.397. The van der Waals surface area contributed by atoms with E-state index >= 15 is 0 Å². The summed E-state index contributed by atoms with van der Waals surface area (Å²) in [7, 11) is 0. The first-order valence-electron chi connectivity index (χ1n) is 7.27. The minimum atomic E-state index is -0.397. The van der Waals surface area contributed by atoms with Crippen molar-refractivity contribution in [3.8, 4) is 11.5 Å². The van der Waals surface area contributed by atoms with Crippen LogP contribution in [0, 0.1) is 12.8 Å². The Morgan fingerprint density at radius 2 is 1.78 bits per heavy atom. The van der Waals surface area contributed by atoms with Gasteiger partial charge >= 0.3 is 5.97 Å². The van der Waals surface area contributed by atoms with Crippen molar-refractivity contribution in [1.29, 1.82) is 0 Å². The Morgan fingerprint density at radius 1 is 1.13 bits per heavy atom. The zero-order chi connectivity index (χ0) is 17.0. The summed E-state index contributed by atoms with van der Waals surface area (Å²) < 4.78 is 12.8. The quantitative estimate of drug-likeness (QED) is 0.436. The summed E-state index contributed by atoms with van der Waals surface area (Å²) in [5.74, 6) is 1.33. The molecule has 122 valence electrons. The molecule has 0 radical (unpaired) electrons. The Bertz CT molecular complexity index is 671. The fraction of sp³-hybridized carbons (Fsp3) is 0.278. The first-order valence-corrected chi connectivity index (χ1v) is 8.86. The lowest BCUT2D eigenvalue weighted by molar-refractivity contribution is 0.0732. The number of benzene rings is 2. The Morgan fingerprint density at radius 3 is 2.35 bits per heavy atom. The Balaban J connectivity index is 2.09. The van der Waals surface area contributed by atoms with E-state index in [1.54, 1.807) is 24.3 Å². The molecule has 0 bridgehead atoms. The van der Waals surface area contributed by atoms with Crippen LogP contribution in [-0.4, -0.2) is 12.6 Å². The Hall–Kier alpha value is -1.33. The number of ether oxygens (including phenoxy) is 2. The summed E-state index contributed by atoms with van der Waals surface area (Å²) in [6.07, 6.45) is 0. The van der Waals surface area contributed by atoms with Gasteiger partial charge in [-0.05, 0) is 70.7 Å². The highest BCUT2D eigenvalue weighted by Gasteiger charge is 2.14. The van der Waals surface area contributed by atoms with Crippen molar-refractivity contribution in [2.24, 2.45) is 5.92 Å². The number of carbonyl (C=O) groups excluding carboxylic acids is 1. The van der Waals surface area contributed by atoms with Crippen LogP contribution in [0.2, 0.25) is 0 Å². The monoisotopic (exact) mass is 440 g/mol. The number of hydrogen-bond donors (Lipinski definition) is 0. The maximum Gasteiger partial charge on any atom is 0.343 e. The van der Waals surface area contributed by atoms with Gasteiger partial charge in [-0.25, -0.2) is 4.79 Å². The third-order valence-corrected chi connectivity index (χ3v) is 4.11. The van der Waals surface area contributed by atoms with Gasteiger partial charge in [-0.15, -0.1) is 0 Å². The van der Waals surface area contributed by atoms with Gasteiger partial charge in [-0.3, -0.25) is 0 Å². The van der Waals surface area contributed by atoms with Gasteiger partial charge in [0.25, 0.3) is 0 Å². The van der Waals surface area contributed by atoms with E-state index in [4.69, 9.17) is 9.47 Å². The lowest BCUT2D eigenvalue weighted by Crippen LogP contribution is -2.10. The molecule has 0 amide bonds. The smallest absolute Gasteiger partial charge is 0.343 e. The molecule has 0 unspecified atom stereocenters. The third kappa shape index (κ3) is 5.08. The summed E-state index contributed by atoms with van der Waals surface area (Å²) in [6, 6.07) is 10.7. The highest BCUT2D eigenvalue weighted by molar-refractivity contribution is 9.11. The zero-order valence-corrected chi connectivity index (χ0v) is 16.4. The molecule has 0 aliphatic rings. The van der Waals surface area contributed by atoms with Gasteiger partial charge in [0.1, 0.15) is 11.5 Å². The highest BCUT2D eigenvalue weighted by Crippen LogP contribution is 2.33. The van der Waals surface area contributed by atoms with E-state index in [-0.39, 0.29) is 0 Å². The first-order chi connectivity index (χ1) is 10.9. The fourth-order valence-electron chi connectivity index (χ4n) is 1.92. The summed E-state index contributed by atoms with van der Waals surface area (Å²) in [5, 5.41) is 0. The Kier molecular flexibility index (Phi) is 6.25. The second-order valence-corrected chi connectivity index (χ2v) is 7.42. The molecule has 3 nitrogen and oxygen atoms in total. The van der Waals surface area contributed by atoms with Gasteiger partial charge in [0.15, 0.2) is 0 Å². The molecule has 0 aliphatic heterocycles. The Labute approximate surface area is 153 Å². The highest BCUT2D eigenvalue weighted by atomic mass is 79.9. The van der Waals surface area contributed by atoms with Gasteiger partial charge in [0.2, 0.25) is 0 Å². The number of aryl methyl sites for hydroxylation is 1. The largest absolute Gasteiger partial charge is 0.493 e. The predicted octanol–water partition coefficient (Wildman–Crippen LogP) is 5.77. The lowest BCUT2D eigenvalue weighted by atomic mass is 10.2. The molecule has 0 aliphatic carbocycles. The lowest BCUT2D eigenvalue weighted by Gasteiger charge is -2.11. The van der Waals surface area contributed by atoms with Crippen LogP contribution in [0.15, 0.2) is 45.3 Å². The first kappa shape index (κ1) is 18.0. The van der Waals surface area contributed by atoms with Crippen molar-refractivity contribution >= 4 is 37.8 Å². The molecule has 0 atom stereocenters. The van der Waals surface area contributed by atoms with E-state index in [0.717, 1.165) is 20.3 Å². The zero-order valence-electron chi connectivity index (χ0n) is 13.2. The third-order valence-electron chi connectivity index (χ3n) is 3.06. The van der Waals surface area contributed by atoms with Crippen molar-refractivity contribution in [1.82, 2.24) is 0 Å². The molecule has 2 aromatic carbocycles. The van der Waals surface area contributed by atoms with Crippen molar-refractivity contribution in [3.05, 3.63) is 56.5 Å². The van der Waals surface area contributed by atoms with Crippen LogP contribution < -0.4 is 9.47 Å². The van der Waals surface area contributed by atoms with Crippen LogP contribution in [0.25, 0.3) is 0 Å². The standard InChI is InChI=1S/C18H18Br2O3/c1-11(2)10-22-15-6-4-13(5-7-15)18(21)23-17-12(3)8-14(19)9-16(17)20/h4-9,11H,10H2,1-3H3. The molecule has 23 heavy (non-hydrogen) atoms. The number of esters is 1. The van der Waals surface area contributed by atoms with E-state index in [2.05, 4.69) is 45.7 Å². The van der Waals surface area contributed by atoms with Gasteiger partial charge < -0.3 is 9.47 Å². The molecule has 0 saturated carbocycles. The summed E-state index contributed by atoms with van der Waals surface area (Å²) in [5.41, 5.74) is 1.35. The summed E-state index contributed by atoms with van der Waals surface area (Å²) >= 11 is 6.82. The topological polar surface area (TPSA) is 35.5 Å². The molecule has 2 aromatic rings. The van der Waals surface area contributed by atoms with Crippen molar-refractivity contribution < 1.29 is 14.3 Å². The molecule has 0 heterocycles. The molecule has 2 rings (SSSR count). The molecular weight excluding hydrogens is 424 g/mol. The van der Waals surface area contributed by atoms with Gasteiger partial charge in [0, 0.05) is 4.47 Å². The van der Waals surface area contributed by atoms with Gasteiger partial charge in [0.05, 0.1) is 16.6 Å². The number of rotatable bonds is 5. The number of hydrogen-bond acceptors (Lipinski definition) is 3. The van der Waals surface area contributed by atoms with Crippen LogP contribution in [0.1, 0.15) is 29.8 Å². The summed E-state index contributed by atoms with van der Waals surface area (Å²) in [6.45, 7) is 6.71. The molecule has 0 spiro atoms. The molecule has 0 N–H and O–H groups in total. The molecule has 0 aromatic heterocycles. The normalized spacial score (nSPS) is 10.7. The fourth-order valence-corrected chi connectivity index (χ4v) is 3.44. The van der Waals surface area contributed by atoms with Crippen LogP contribution >= 0.6 is 31.9 Å². The van der Waals surface area contributed by atoms with Crippen molar-refractivity contribution in [2.45, 2.75) is 20.8 Å². The van der Waals surface area contributed by atoms with Crippen LogP contribution in [0.5, 0.6) is 11.5 Å². The molecular formula is C18H18Br2O3. The van der Waals surface area contributed by atoms with E-state index in [0.29, 0.717) is 23.8 Å². The second-order valence-electron chi connectivity index (χ2n) is 5.65. The van der Waals surface area contributed by atoms with Gasteiger partial charge in [-0.1, -0.05) is 29.8 Å². The molecule has 5 heteroatoms. The summed E-state index contributed by atoms with van der Waals surface area (Å²) in [4.78, 5) is 12.3. The van der Waals surface area contributed by atoms with E-state index in [9.17, 15) is 4.79 Å². The average Bonchev–Trinajstić information content (AvgIpc) is 2.49. The predicted molar refractivity (Wildman–Crippen MR) is 98.3 cm³/mol. The maximum absolute atomic E-state index is 12.3. The SMILES string of the molecule is Cc1cc(Br)cc(Br)c1OC(=O)c1ccc(OCC(C)C)cc1. The number of halogens is 2. The van der Waals surface area contributed by atoms with Crippen LogP contribution in [-0.2, 0) is 0 Å². The second kappa shape index (κ2) is 7.97. The van der Waals surface area contributed by atoms with E-state index in [1.165, 1.54) is 0 Å². The maximum atomic E-state index is 12.3. The van der Waals surface area contributed by atoms with Crippen LogP contribution in [0.4, 0.5) is 0 Å².